The maximum Gasteiger partial charge on any atom is 0.276 e. The molecule has 170 valence electrons. The predicted octanol–water partition coefficient (Wildman–Crippen LogP) is 3.78. The van der Waals surface area contributed by atoms with Gasteiger partial charge in [-0.1, -0.05) is 23.2 Å². The van der Waals surface area contributed by atoms with Gasteiger partial charge in [0.05, 0.1) is 25.5 Å². The summed E-state index contributed by atoms with van der Waals surface area (Å²) in [5.74, 6) is -1.10. The van der Waals surface area contributed by atoms with E-state index in [-0.39, 0.29) is 38.8 Å². The number of fused-ring (bicyclic) bond motifs is 1. The third-order valence-corrected chi connectivity index (χ3v) is 9.69. The lowest BCUT2D eigenvalue weighted by Crippen LogP contribution is -2.57. The molecular formula is C20H21Cl2FN6O2S. The van der Waals surface area contributed by atoms with Crippen LogP contribution in [0.2, 0.25) is 10.0 Å². The second kappa shape index (κ2) is 7.93. The fraction of sp³-hybridized carbons (Fsp3) is 0.400. The van der Waals surface area contributed by atoms with Crippen LogP contribution in [0.4, 0.5) is 10.2 Å². The van der Waals surface area contributed by atoms with Crippen molar-refractivity contribution in [1.82, 2.24) is 9.97 Å². The highest BCUT2D eigenvalue weighted by molar-refractivity contribution is 7.95. The van der Waals surface area contributed by atoms with Crippen molar-refractivity contribution < 1.29 is 13.4 Å². The molecule has 0 fully saturated rings. The van der Waals surface area contributed by atoms with Crippen molar-refractivity contribution in [1.29, 1.82) is 0 Å². The molecule has 0 saturated carbocycles. The number of aromatic nitrogens is 2. The molecule has 12 heteroatoms. The van der Waals surface area contributed by atoms with Crippen LogP contribution in [-0.2, 0) is 15.3 Å². The topological polar surface area (TPSA) is 123 Å². The number of aliphatic imine (C=N–C) groups is 1. The van der Waals surface area contributed by atoms with Crippen LogP contribution >= 0.6 is 23.2 Å². The fourth-order valence-corrected chi connectivity index (χ4v) is 7.38. The van der Waals surface area contributed by atoms with E-state index in [1.165, 1.54) is 18.3 Å². The highest BCUT2D eigenvalue weighted by Crippen LogP contribution is 2.42. The number of hydrogen-bond acceptors (Lipinski definition) is 7. The zero-order valence-electron chi connectivity index (χ0n) is 17.4. The molecule has 0 spiro atoms. The Hall–Kier alpha value is -2.30. The number of carbonyl (C=O) groups excluding carboxylic acids is 1. The molecule has 4 heterocycles. The lowest BCUT2D eigenvalue weighted by Gasteiger charge is -2.43. The highest BCUT2D eigenvalue weighted by atomic mass is 35.5. The average Bonchev–Trinajstić information content (AvgIpc) is 2.70. The third kappa shape index (κ3) is 3.74. The lowest BCUT2D eigenvalue weighted by molar-refractivity contribution is 0.102. The van der Waals surface area contributed by atoms with Crippen LogP contribution in [0.5, 0.6) is 0 Å². The maximum atomic E-state index is 14.9. The first-order chi connectivity index (χ1) is 15.0. The van der Waals surface area contributed by atoms with Crippen LogP contribution in [0.15, 0.2) is 33.8 Å². The van der Waals surface area contributed by atoms with Crippen LogP contribution in [0.1, 0.15) is 42.9 Å². The number of carbonyl (C=O) groups is 1. The second-order valence-electron chi connectivity index (χ2n) is 8.21. The molecule has 1 amide bonds. The summed E-state index contributed by atoms with van der Waals surface area (Å²) in [4.78, 5) is 25.3. The van der Waals surface area contributed by atoms with Crippen molar-refractivity contribution in [2.24, 2.45) is 15.1 Å². The number of amides is 1. The quantitative estimate of drug-likeness (QED) is 0.666. The van der Waals surface area contributed by atoms with Gasteiger partial charge in [0.25, 0.3) is 5.91 Å². The van der Waals surface area contributed by atoms with Gasteiger partial charge in [-0.05, 0) is 44.9 Å². The molecule has 0 saturated heterocycles. The van der Waals surface area contributed by atoms with Gasteiger partial charge in [-0.25, -0.2) is 22.9 Å². The van der Waals surface area contributed by atoms with Gasteiger partial charge in [-0.15, -0.1) is 0 Å². The minimum Gasteiger partial charge on any atom is -0.386 e. The highest BCUT2D eigenvalue weighted by Gasteiger charge is 2.51. The first-order valence-electron chi connectivity index (χ1n) is 9.83. The number of nitrogens with one attached hydrogen (secondary N) is 1. The molecule has 2 aliphatic rings. The normalized spacial score (nSPS) is 29.5. The first-order valence-corrected chi connectivity index (χ1v) is 12.3. The van der Waals surface area contributed by atoms with E-state index in [0.717, 1.165) is 12.5 Å². The molecule has 0 aliphatic carbocycles. The van der Waals surface area contributed by atoms with E-state index in [1.54, 1.807) is 13.8 Å². The van der Waals surface area contributed by atoms with Crippen LogP contribution in [0.3, 0.4) is 0 Å². The maximum absolute atomic E-state index is 14.9. The predicted molar refractivity (Wildman–Crippen MR) is 123 cm³/mol. The number of pyridine rings is 2. The Balaban J connectivity index is 1.72. The number of halogens is 3. The Morgan fingerprint density at radius 2 is 2.06 bits per heavy atom. The molecule has 3 atom stereocenters. The molecule has 3 N–H and O–H groups in total. The molecular weight excluding hydrogens is 478 g/mol. The summed E-state index contributed by atoms with van der Waals surface area (Å²) < 4.78 is 32.2. The van der Waals surface area contributed by atoms with Gasteiger partial charge >= 0.3 is 0 Å². The fourth-order valence-electron chi connectivity index (χ4n) is 3.99. The summed E-state index contributed by atoms with van der Waals surface area (Å²) in [7, 11) is -2.81. The summed E-state index contributed by atoms with van der Waals surface area (Å²) in [6, 6.07) is 3.84. The monoisotopic (exact) mass is 498 g/mol. The number of amidine groups is 1. The Bertz CT molecular complexity index is 1280. The van der Waals surface area contributed by atoms with E-state index in [1.807, 2.05) is 0 Å². The van der Waals surface area contributed by atoms with E-state index < -0.39 is 31.7 Å². The minimum atomic E-state index is -2.81. The third-order valence-electron chi connectivity index (χ3n) is 5.82. The van der Waals surface area contributed by atoms with E-state index in [2.05, 4.69) is 24.6 Å². The number of nitrogens with two attached hydrogens (primary N) is 1. The molecule has 0 bridgehead atoms. The summed E-state index contributed by atoms with van der Waals surface area (Å²) in [5, 5.41) is 2.89. The average molecular weight is 499 g/mol. The Labute approximate surface area is 195 Å². The van der Waals surface area contributed by atoms with Crippen molar-refractivity contribution >= 4 is 50.5 Å². The van der Waals surface area contributed by atoms with Gasteiger partial charge in [0, 0.05) is 12.7 Å². The van der Waals surface area contributed by atoms with Crippen molar-refractivity contribution in [2.45, 2.75) is 37.0 Å². The van der Waals surface area contributed by atoms with Crippen molar-refractivity contribution in [3.05, 3.63) is 51.6 Å². The van der Waals surface area contributed by atoms with Crippen LogP contribution < -0.4 is 11.1 Å². The molecule has 2 aromatic rings. The number of rotatable bonds is 3. The summed E-state index contributed by atoms with van der Waals surface area (Å²) >= 11 is 11.9. The van der Waals surface area contributed by atoms with Gasteiger partial charge in [-0.3, -0.25) is 9.79 Å². The van der Waals surface area contributed by atoms with Crippen LogP contribution in [0, 0.1) is 5.82 Å². The molecule has 0 radical (unpaired) electrons. The summed E-state index contributed by atoms with van der Waals surface area (Å²) in [6.07, 6.45) is 2.64. The smallest absolute Gasteiger partial charge is 0.276 e. The standard InChI is InChI=1S/C20H21Cl2FN6O2S/c1-19(10-32(31)20(2,18(24)29-19)6-3-7-26-32)16-13(23)4-5-14(27-16)28-17(30)15-12(22)8-11(21)9-25-15/h4-5,8-9H,3,6-7,10H2,1-2H3,(H2,24,29)(H,27,28,30). The SMILES string of the molecule is CC1(c2nc(NC(=O)c3ncc(Cl)cc3Cl)ccc2F)CS2(=O)=NCCCC2(C)C(N)=N1. The minimum absolute atomic E-state index is 0.0247. The van der Waals surface area contributed by atoms with Gasteiger partial charge in [-0.2, -0.15) is 0 Å². The number of nitrogens with zero attached hydrogens (tertiary/aromatic N) is 4. The van der Waals surface area contributed by atoms with E-state index >= 15 is 0 Å². The van der Waals surface area contributed by atoms with E-state index in [9.17, 15) is 13.4 Å². The van der Waals surface area contributed by atoms with Gasteiger partial charge in [0.2, 0.25) is 0 Å². The van der Waals surface area contributed by atoms with Crippen molar-refractivity contribution in [3.8, 4) is 0 Å². The number of anilines is 1. The van der Waals surface area contributed by atoms with Gasteiger partial charge < -0.3 is 11.1 Å². The molecule has 2 aliphatic heterocycles. The zero-order chi connectivity index (χ0) is 23.3. The van der Waals surface area contributed by atoms with E-state index in [4.69, 9.17) is 28.9 Å². The van der Waals surface area contributed by atoms with Crippen molar-refractivity contribution in [3.63, 3.8) is 0 Å². The first kappa shape index (κ1) is 22.9. The van der Waals surface area contributed by atoms with Crippen molar-refractivity contribution in [2.75, 3.05) is 17.6 Å². The molecule has 8 nitrogen and oxygen atoms in total. The Kier molecular flexibility index (Phi) is 5.67. The molecule has 3 unspecified atom stereocenters. The van der Waals surface area contributed by atoms with Crippen LogP contribution in [0.25, 0.3) is 0 Å². The largest absolute Gasteiger partial charge is 0.386 e. The Morgan fingerprint density at radius 3 is 2.78 bits per heavy atom. The molecule has 0 aromatic carbocycles. The second-order valence-corrected chi connectivity index (χ2v) is 11.8. The summed E-state index contributed by atoms with van der Waals surface area (Å²) in [5.41, 5.74) is 4.79. The van der Waals surface area contributed by atoms with Gasteiger partial charge in [0.1, 0.15) is 39.1 Å². The molecule has 32 heavy (non-hydrogen) atoms. The Morgan fingerprint density at radius 1 is 1.31 bits per heavy atom. The summed E-state index contributed by atoms with van der Waals surface area (Å²) in [6.45, 7) is 3.86. The zero-order valence-corrected chi connectivity index (χ0v) is 19.7. The lowest BCUT2D eigenvalue weighted by atomic mass is 9.96. The van der Waals surface area contributed by atoms with Crippen LogP contribution in [-0.4, -0.2) is 43.0 Å². The van der Waals surface area contributed by atoms with Gasteiger partial charge in [0.15, 0.2) is 0 Å². The number of hydrogen-bond donors (Lipinski definition) is 2. The molecule has 2 aromatic heterocycles. The van der Waals surface area contributed by atoms with E-state index in [0.29, 0.717) is 13.0 Å². The molecule has 4 rings (SSSR count).